The fourth-order valence-corrected chi connectivity index (χ4v) is 2.11. The molecule has 0 heterocycles. The second-order valence-corrected chi connectivity index (χ2v) is 5.45. The second kappa shape index (κ2) is 6.67. The Bertz CT molecular complexity index is 540. The zero-order valence-corrected chi connectivity index (χ0v) is 12.4. The van der Waals surface area contributed by atoms with Crippen molar-refractivity contribution in [3.05, 3.63) is 33.9 Å². The highest BCUT2D eigenvalue weighted by Crippen LogP contribution is 2.29. The molecule has 0 aromatic heterocycles. The molecule has 0 unspecified atom stereocenters. The van der Waals surface area contributed by atoms with Crippen molar-refractivity contribution in [1.82, 2.24) is 0 Å². The molecule has 21 heavy (non-hydrogen) atoms. The van der Waals surface area contributed by atoms with E-state index in [2.05, 4.69) is 0 Å². The molecule has 1 aliphatic carbocycles. The van der Waals surface area contributed by atoms with Crippen LogP contribution in [0.3, 0.4) is 0 Å². The Hall–Kier alpha value is -1.95. The van der Waals surface area contributed by atoms with Crippen molar-refractivity contribution < 1.29 is 14.5 Å². The molecule has 0 saturated heterocycles. The highest BCUT2D eigenvalue weighted by molar-refractivity contribution is 6.00. The number of rotatable bonds is 8. The molecule has 1 aliphatic rings. The van der Waals surface area contributed by atoms with Crippen LogP contribution >= 0.6 is 0 Å². The lowest BCUT2D eigenvalue weighted by Gasteiger charge is -2.21. The molecule has 114 valence electrons. The van der Waals surface area contributed by atoms with Crippen molar-refractivity contribution >= 4 is 17.2 Å². The molecular formula is C15H20N2O4. The third kappa shape index (κ3) is 4.26. The number of nitro groups is 1. The van der Waals surface area contributed by atoms with Crippen LogP contribution in [0.2, 0.25) is 0 Å². The summed E-state index contributed by atoms with van der Waals surface area (Å²) >= 11 is 0. The Morgan fingerprint density at radius 2 is 2.19 bits per heavy atom. The van der Waals surface area contributed by atoms with Crippen LogP contribution in [0, 0.1) is 16.0 Å². The number of ether oxygens (including phenoxy) is 1. The SMILES string of the molecule is CC(=O)c1cc([N+](=O)[O-])ccc1N(C)CCOCC1CC1. The van der Waals surface area contributed by atoms with Crippen molar-refractivity contribution in [2.24, 2.45) is 5.92 Å². The standard InChI is InChI=1S/C15H20N2O4/c1-11(18)14-9-13(17(19)20)5-6-15(14)16(2)7-8-21-10-12-3-4-12/h5-6,9,12H,3-4,7-8,10H2,1-2H3. The molecular weight excluding hydrogens is 272 g/mol. The van der Waals surface area contributed by atoms with E-state index >= 15 is 0 Å². The van der Waals surface area contributed by atoms with Crippen molar-refractivity contribution in [3.63, 3.8) is 0 Å². The Morgan fingerprint density at radius 3 is 2.76 bits per heavy atom. The summed E-state index contributed by atoms with van der Waals surface area (Å²) in [5, 5.41) is 10.8. The lowest BCUT2D eigenvalue weighted by molar-refractivity contribution is -0.384. The van der Waals surface area contributed by atoms with E-state index in [1.807, 2.05) is 11.9 Å². The molecule has 0 radical (unpaired) electrons. The van der Waals surface area contributed by atoms with Gasteiger partial charge in [-0.25, -0.2) is 0 Å². The minimum atomic E-state index is -0.491. The maximum atomic E-state index is 11.7. The molecule has 1 aromatic rings. The first-order valence-electron chi connectivity index (χ1n) is 7.07. The van der Waals surface area contributed by atoms with Gasteiger partial charge in [-0.1, -0.05) is 0 Å². The zero-order valence-electron chi connectivity index (χ0n) is 12.4. The molecule has 1 aromatic carbocycles. The van der Waals surface area contributed by atoms with Gasteiger partial charge in [0.1, 0.15) is 0 Å². The van der Waals surface area contributed by atoms with Crippen LogP contribution in [0.25, 0.3) is 0 Å². The van der Waals surface area contributed by atoms with Crippen LogP contribution in [-0.4, -0.2) is 37.5 Å². The highest BCUT2D eigenvalue weighted by Gasteiger charge is 2.21. The summed E-state index contributed by atoms with van der Waals surface area (Å²) in [6.45, 7) is 3.44. The van der Waals surface area contributed by atoms with E-state index in [0.29, 0.717) is 24.4 Å². The van der Waals surface area contributed by atoms with Crippen molar-refractivity contribution in [3.8, 4) is 0 Å². The van der Waals surface area contributed by atoms with Gasteiger partial charge in [-0.2, -0.15) is 0 Å². The predicted molar refractivity (Wildman–Crippen MR) is 79.9 cm³/mol. The minimum Gasteiger partial charge on any atom is -0.379 e. The number of ketones is 1. The van der Waals surface area contributed by atoms with E-state index in [1.165, 1.54) is 31.9 Å². The summed E-state index contributed by atoms with van der Waals surface area (Å²) < 4.78 is 5.58. The van der Waals surface area contributed by atoms with E-state index in [1.54, 1.807) is 6.07 Å². The topological polar surface area (TPSA) is 72.7 Å². The van der Waals surface area contributed by atoms with Crippen molar-refractivity contribution in [1.29, 1.82) is 0 Å². The van der Waals surface area contributed by atoms with Crippen LogP contribution in [0.15, 0.2) is 18.2 Å². The van der Waals surface area contributed by atoms with Crippen LogP contribution in [0.4, 0.5) is 11.4 Å². The Balaban J connectivity index is 2.01. The molecule has 1 saturated carbocycles. The van der Waals surface area contributed by atoms with Gasteiger partial charge in [0.15, 0.2) is 5.78 Å². The van der Waals surface area contributed by atoms with E-state index < -0.39 is 4.92 Å². The average molecular weight is 292 g/mol. The number of benzene rings is 1. The first kappa shape index (κ1) is 15.4. The Kier molecular flexibility index (Phi) is 4.90. The van der Waals surface area contributed by atoms with E-state index in [9.17, 15) is 14.9 Å². The van der Waals surface area contributed by atoms with Gasteiger partial charge in [-0.05, 0) is 31.7 Å². The lowest BCUT2D eigenvalue weighted by Crippen LogP contribution is -2.24. The van der Waals surface area contributed by atoms with E-state index in [4.69, 9.17) is 4.74 Å². The summed E-state index contributed by atoms with van der Waals surface area (Å²) in [4.78, 5) is 23.9. The number of non-ortho nitro benzene ring substituents is 1. The summed E-state index contributed by atoms with van der Waals surface area (Å²) in [5.41, 5.74) is 0.999. The smallest absolute Gasteiger partial charge is 0.270 e. The first-order chi connectivity index (χ1) is 9.99. The highest BCUT2D eigenvalue weighted by atomic mass is 16.6. The second-order valence-electron chi connectivity index (χ2n) is 5.45. The molecule has 1 fully saturated rings. The molecule has 6 heteroatoms. The zero-order chi connectivity index (χ0) is 15.4. The monoisotopic (exact) mass is 292 g/mol. The van der Waals surface area contributed by atoms with Gasteiger partial charge in [0.2, 0.25) is 0 Å². The van der Waals surface area contributed by atoms with Crippen molar-refractivity contribution in [2.45, 2.75) is 19.8 Å². The average Bonchev–Trinajstić information content (AvgIpc) is 3.26. The Labute approximate surface area is 123 Å². The number of hydrogen-bond donors (Lipinski definition) is 0. The van der Waals surface area contributed by atoms with E-state index in [0.717, 1.165) is 12.5 Å². The van der Waals surface area contributed by atoms with Gasteiger partial charge >= 0.3 is 0 Å². The largest absolute Gasteiger partial charge is 0.379 e. The number of likely N-dealkylation sites (N-methyl/N-ethyl adjacent to an activating group) is 1. The number of hydrogen-bond acceptors (Lipinski definition) is 5. The molecule has 0 N–H and O–H groups in total. The van der Waals surface area contributed by atoms with Crippen molar-refractivity contribution in [2.75, 3.05) is 31.7 Å². The Morgan fingerprint density at radius 1 is 1.48 bits per heavy atom. The summed E-state index contributed by atoms with van der Waals surface area (Å²) in [5.74, 6) is 0.543. The fraction of sp³-hybridized carbons (Fsp3) is 0.533. The summed E-state index contributed by atoms with van der Waals surface area (Å²) in [6.07, 6.45) is 2.51. The normalized spacial score (nSPS) is 14.0. The number of nitro benzene ring substituents is 1. The van der Waals surface area contributed by atoms with Crippen LogP contribution in [0.5, 0.6) is 0 Å². The lowest BCUT2D eigenvalue weighted by atomic mass is 10.1. The molecule has 6 nitrogen and oxygen atoms in total. The number of anilines is 1. The maximum absolute atomic E-state index is 11.7. The van der Waals surface area contributed by atoms with Gasteiger partial charge < -0.3 is 9.64 Å². The van der Waals surface area contributed by atoms with Gasteiger partial charge in [0.25, 0.3) is 5.69 Å². The van der Waals surface area contributed by atoms with Crippen LogP contribution < -0.4 is 4.90 Å². The van der Waals surface area contributed by atoms with Gasteiger partial charge in [-0.15, -0.1) is 0 Å². The molecule has 2 rings (SSSR count). The van der Waals surface area contributed by atoms with Crippen LogP contribution in [-0.2, 0) is 4.74 Å². The number of Topliss-reactive ketones (excluding diaryl/α,β-unsaturated/α-hetero) is 1. The summed E-state index contributed by atoms with van der Waals surface area (Å²) in [6, 6.07) is 4.37. The summed E-state index contributed by atoms with van der Waals surface area (Å²) in [7, 11) is 1.86. The molecule has 0 bridgehead atoms. The van der Waals surface area contributed by atoms with Crippen LogP contribution in [0.1, 0.15) is 30.1 Å². The third-order valence-electron chi connectivity index (χ3n) is 3.60. The number of carbonyl (C=O) groups is 1. The first-order valence-corrected chi connectivity index (χ1v) is 7.07. The van der Waals surface area contributed by atoms with Gasteiger partial charge in [0, 0.05) is 43.6 Å². The fourth-order valence-electron chi connectivity index (χ4n) is 2.11. The van der Waals surface area contributed by atoms with E-state index in [-0.39, 0.29) is 11.5 Å². The molecule has 0 atom stereocenters. The third-order valence-corrected chi connectivity index (χ3v) is 3.60. The molecule has 0 spiro atoms. The minimum absolute atomic E-state index is 0.0673. The molecule has 0 amide bonds. The predicted octanol–water partition coefficient (Wildman–Crippen LogP) is 2.66. The number of nitrogens with zero attached hydrogens (tertiary/aromatic N) is 2. The quantitative estimate of drug-likeness (QED) is 0.319. The van der Waals surface area contributed by atoms with Gasteiger partial charge in [0.05, 0.1) is 11.5 Å². The van der Waals surface area contributed by atoms with Gasteiger partial charge in [-0.3, -0.25) is 14.9 Å². The maximum Gasteiger partial charge on any atom is 0.270 e. The molecule has 0 aliphatic heterocycles. The number of carbonyl (C=O) groups excluding carboxylic acids is 1.